The summed E-state index contributed by atoms with van der Waals surface area (Å²) >= 11 is 0. The lowest BCUT2D eigenvalue weighted by molar-refractivity contribution is 0.212. The predicted molar refractivity (Wildman–Crippen MR) is 68.0 cm³/mol. The van der Waals surface area contributed by atoms with Crippen LogP contribution < -0.4 is 0 Å². The summed E-state index contributed by atoms with van der Waals surface area (Å²) in [5.41, 5.74) is 3.49. The lowest BCUT2D eigenvalue weighted by Crippen LogP contribution is -2.04. The van der Waals surface area contributed by atoms with E-state index < -0.39 is 6.10 Å². The Labute approximate surface area is 104 Å². The maximum Gasteiger partial charge on any atom is 0.122 e. The predicted octanol–water partition coefficient (Wildman–Crippen LogP) is 1.39. The normalized spacial score (nSPS) is 13.1. The molecule has 1 atom stereocenters. The summed E-state index contributed by atoms with van der Waals surface area (Å²) in [4.78, 5) is 4.29. The van der Waals surface area contributed by atoms with Crippen LogP contribution in [-0.2, 0) is 14.1 Å². The quantitative estimate of drug-likeness (QED) is 0.738. The van der Waals surface area contributed by atoms with Gasteiger partial charge in [0.1, 0.15) is 6.10 Å². The molecular formula is C13H14N4O. The first kappa shape index (κ1) is 11.0. The van der Waals surface area contributed by atoms with E-state index in [1.807, 2.05) is 43.1 Å². The van der Waals surface area contributed by atoms with Gasteiger partial charge in [0.05, 0.1) is 22.9 Å². The Bertz CT molecular complexity index is 698. The molecule has 0 saturated carbocycles. The molecule has 1 unspecified atom stereocenters. The van der Waals surface area contributed by atoms with Crippen molar-refractivity contribution in [3.63, 3.8) is 0 Å². The molecule has 3 rings (SSSR count). The molecule has 1 N–H and O–H groups in total. The zero-order chi connectivity index (χ0) is 12.7. The monoisotopic (exact) mass is 242 g/mol. The Morgan fingerprint density at radius 1 is 1.33 bits per heavy atom. The van der Waals surface area contributed by atoms with Crippen LogP contribution in [0, 0.1) is 0 Å². The fraction of sp³-hybridized carbons (Fsp3) is 0.231. The zero-order valence-electron chi connectivity index (χ0n) is 10.3. The molecule has 5 heteroatoms. The summed E-state index contributed by atoms with van der Waals surface area (Å²) < 4.78 is 3.64. The van der Waals surface area contributed by atoms with E-state index in [1.54, 1.807) is 17.1 Å². The molecule has 0 aliphatic heterocycles. The second-order valence-electron chi connectivity index (χ2n) is 4.39. The van der Waals surface area contributed by atoms with Crippen LogP contribution in [0.3, 0.4) is 0 Å². The summed E-state index contributed by atoms with van der Waals surface area (Å²) in [6.45, 7) is 0. The van der Waals surface area contributed by atoms with Gasteiger partial charge in [-0.3, -0.25) is 9.67 Å². The van der Waals surface area contributed by atoms with Gasteiger partial charge in [-0.15, -0.1) is 0 Å². The number of aliphatic hydroxyl groups excluding tert-OH is 1. The maximum absolute atomic E-state index is 10.4. The number of fused-ring (bicyclic) bond motifs is 1. The fourth-order valence-corrected chi connectivity index (χ4v) is 2.19. The first-order valence-corrected chi connectivity index (χ1v) is 5.74. The van der Waals surface area contributed by atoms with Crippen molar-refractivity contribution >= 4 is 11.0 Å². The lowest BCUT2D eigenvalue weighted by atomic mass is 10.1. The topological polar surface area (TPSA) is 55.9 Å². The average molecular weight is 242 g/mol. The van der Waals surface area contributed by atoms with Crippen LogP contribution in [-0.4, -0.2) is 24.4 Å². The molecule has 0 bridgehead atoms. The summed E-state index contributed by atoms with van der Waals surface area (Å²) in [7, 11) is 3.76. The third-order valence-corrected chi connectivity index (χ3v) is 3.17. The van der Waals surface area contributed by atoms with Gasteiger partial charge in [0.25, 0.3) is 0 Å². The molecule has 0 aromatic carbocycles. The van der Waals surface area contributed by atoms with Gasteiger partial charge >= 0.3 is 0 Å². The van der Waals surface area contributed by atoms with Crippen LogP contribution in [0.4, 0.5) is 0 Å². The van der Waals surface area contributed by atoms with Gasteiger partial charge < -0.3 is 9.67 Å². The highest BCUT2D eigenvalue weighted by Crippen LogP contribution is 2.26. The van der Waals surface area contributed by atoms with Gasteiger partial charge in [0.2, 0.25) is 0 Å². The van der Waals surface area contributed by atoms with Gasteiger partial charge in [0, 0.05) is 32.1 Å². The molecule has 0 radical (unpaired) electrons. The van der Waals surface area contributed by atoms with Crippen molar-refractivity contribution in [3.05, 3.63) is 48.0 Å². The molecule has 0 saturated heterocycles. The molecule has 0 spiro atoms. The second kappa shape index (κ2) is 3.96. The Kier molecular flexibility index (Phi) is 2.41. The Morgan fingerprint density at radius 2 is 2.17 bits per heavy atom. The molecule has 0 aliphatic carbocycles. The summed E-state index contributed by atoms with van der Waals surface area (Å²) in [5, 5.41) is 14.5. The van der Waals surface area contributed by atoms with Crippen molar-refractivity contribution in [1.29, 1.82) is 0 Å². The molecule has 3 heterocycles. The van der Waals surface area contributed by atoms with E-state index in [-0.39, 0.29) is 0 Å². The highest BCUT2D eigenvalue weighted by Gasteiger charge is 2.17. The summed E-state index contributed by atoms with van der Waals surface area (Å²) in [5.74, 6) is 0. The molecule has 0 amide bonds. The van der Waals surface area contributed by atoms with E-state index >= 15 is 0 Å². The standard InChI is InChI=1S/C13H14N4O/c1-16-8-9(7-15-16)13(18)12-6-10-11(17(12)2)4-3-5-14-10/h3-8,13,18H,1-2H3. The van der Waals surface area contributed by atoms with E-state index in [0.717, 1.165) is 22.3 Å². The van der Waals surface area contributed by atoms with E-state index in [4.69, 9.17) is 0 Å². The number of pyridine rings is 1. The highest BCUT2D eigenvalue weighted by molar-refractivity contribution is 5.77. The van der Waals surface area contributed by atoms with Gasteiger partial charge in [-0.2, -0.15) is 5.10 Å². The van der Waals surface area contributed by atoms with E-state index in [9.17, 15) is 5.11 Å². The largest absolute Gasteiger partial charge is 0.382 e. The Hall–Kier alpha value is -2.14. The van der Waals surface area contributed by atoms with Crippen molar-refractivity contribution in [2.45, 2.75) is 6.10 Å². The molecule has 3 aromatic rings. The van der Waals surface area contributed by atoms with Gasteiger partial charge in [-0.05, 0) is 18.2 Å². The van der Waals surface area contributed by atoms with Gasteiger partial charge in [0.15, 0.2) is 0 Å². The average Bonchev–Trinajstić information content (AvgIpc) is 2.94. The second-order valence-corrected chi connectivity index (χ2v) is 4.39. The maximum atomic E-state index is 10.4. The van der Waals surface area contributed by atoms with Gasteiger partial charge in [-0.25, -0.2) is 0 Å². The van der Waals surface area contributed by atoms with Crippen molar-refractivity contribution in [2.75, 3.05) is 0 Å². The van der Waals surface area contributed by atoms with Crippen LogP contribution in [0.25, 0.3) is 11.0 Å². The molecule has 3 aromatic heterocycles. The number of aromatic nitrogens is 4. The van der Waals surface area contributed by atoms with Crippen LogP contribution in [0.15, 0.2) is 36.8 Å². The van der Waals surface area contributed by atoms with E-state index in [2.05, 4.69) is 10.1 Å². The van der Waals surface area contributed by atoms with E-state index in [1.165, 1.54) is 0 Å². The van der Waals surface area contributed by atoms with Crippen molar-refractivity contribution in [1.82, 2.24) is 19.3 Å². The number of aliphatic hydroxyl groups is 1. The SMILES string of the molecule is Cn1cc(C(O)c2cc3ncccc3n2C)cn1. The molecule has 5 nitrogen and oxygen atoms in total. The van der Waals surface area contributed by atoms with Gasteiger partial charge in [-0.1, -0.05) is 0 Å². The van der Waals surface area contributed by atoms with Crippen molar-refractivity contribution < 1.29 is 5.11 Å². The number of rotatable bonds is 2. The number of hydrogen-bond acceptors (Lipinski definition) is 3. The first-order valence-electron chi connectivity index (χ1n) is 5.74. The Balaban J connectivity index is 2.11. The molecule has 0 aliphatic rings. The third-order valence-electron chi connectivity index (χ3n) is 3.17. The van der Waals surface area contributed by atoms with Crippen LogP contribution in [0.5, 0.6) is 0 Å². The lowest BCUT2D eigenvalue weighted by Gasteiger charge is -2.09. The number of hydrogen-bond donors (Lipinski definition) is 1. The van der Waals surface area contributed by atoms with Crippen LogP contribution in [0.1, 0.15) is 17.4 Å². The summed E-state index contributed by atoms with van der Waals surface area (Å²) in [6.07, 6.45) is 4.56. The van der Waals surface area contributed by atoms with E-state index in [0.29, 0.717) is 0 Å². The number of nitrogens with zero attached hydrogens (tertiary/aromatic N) is 4. The summed E-state index contributed by atoms with van der Waals surface area (Å²) in [6, 6.07) is 5.79. The minimum atomic E-state index is -0.683. The third kappa shape index (κ3) is 1.60. The minimum Gasteiger partial charge on any atom is -0.382 e. The number of aryl methyl sites for hydroxylation is 2. The molecular weight excluding hydrogens is 228 g/mol. The van der Waals surface area contributed by atoms with Crippen LogP contribution >= 0.6 is 0 Å². The first-order chi connectivity index (χ1) is 8.66. The fourth-order valence-electron chi connectivity index (χ4n) is 2.19. The molecule has 0 fully saturated rings. The van der Waals surface area contributed by atoms with Crippen LogP contribution in [0.2, 0.25) is 0 Å². The highest BCUT2D eigenvalue weighted by atomic mass is 16.3. The molecule has 92 valence electrons. The van der Waals surface area contributed by atoms with Crippen molar-refractivity contribution in [2.24, 2.45) is 14.1 Å². The smallest absolute Gasteiger partial charge is 0.122 e. The zero-order valence-corrected chi connectivity index (χ0v) is 10.3. The Morgan fingerprint density at radius 3 is 2.83 bits per heavy atom. The molecule has 18 heavy (non-hydrogen) atoms. The van der Waals surface area contributed by atoms with Crippen molar-refractivity contribution in [3.8, 4) is 0 Å². The minimum absolute atomic E-state index is 0.683.